The van der Waals surface area contributed by atoms with Gasteiger partial charge in [0, 0.05) is 76.8 Å². The molecule has 2 heterocycles. The maximum atomic E-state index is 13.2. The molecule has 0 aliphatic heterocycles. The third-order valence-corrected chi connectivity index (χ3v) is 9.61. The van der Waals surface area contributed by atoms with E-state index in [4.69, 9.17) is 0 Å². The molecule has 0 spiro atoms. The van der Waals surface area contributed by atoms with Crippen molar-refractivity contribution < 1.29 is 15.0 Å². The van der Waals surface area contributed by atoms with E-state index in [9.17, 15) is 15.0 Å². The highest BCUT2D eigenvalue weighted by Crippen LogP contribution is 2.39. The van der Waals surface area contributed by atoms with Crippen LogP contribution in [0.5, 0.6) is 11.5 Å². The molecular weight excluding hydrogens is 635 g/mol. The van der Waals surface area contributed by atoms with Crippen molar-refractivity contribution in [3.8, 4) is 22.6 Å². The van der Waals surface area contributed by atoms with Crippen molar-refractivity contribution in [2.45, 2.75) is 81.2 Å². The Labute approximate surface area is 304 Å². The number of nitrogens with one attached hydrogen (secondary N) is 2. The molecule has 2 atom stereocenters. The van der Waals surface area contributed by atoms with E-state index >= 15 is 0 Å². The highest BCUT2D eigenvalue weighted by atomic mass is 16.3. The largest absolute Gasteiger partial charge is 0.507 e. The number of carbonyl (C=O) groups is 1. The van der Waals surface area contributed by atoms with E-state index in [1.807, 2.05) is 26.0 Å². The second kappa shape index (κ2) is 18.4. The summed E-state index contributed by atoms with van der Waals surface area (Å²) in [7, 11) is 0. The molecule has 8 nitrogen and oxygen atoms in total. The molecule has 2 aromatic heterocycles. The van der Waals surface area contributed by atoms with Crippen LogP contribution in [-0.4, -0.2) is 50.2 Å². The Bertz CT molecular complexity index is 1860. The van der Waals surface area contributed by atoms with Crippen molar-refractivity contribution in [1.82, 2.24) is 14.5 Å². The second-order valence-corrected chi connectivity index (χ2v) is 13.5. The first-order valence-corrected chi connectivity index (χ1v) is 18.5. The second-order valence-electron chi connectivity index (χ2n) is 13.5. The fourth-order valence-electron chi connectivity index (χ4n) is 6.60. The highest BCUT2D eigenvalue weighted by molar-refractivity contribution is 6.05. The van der Waals surface area contributed by atoms with Gasteiger partial charge < -0.3 is 30.3 Å². The maximum absolute atomic E-state index is 13.2. The smallest absolute Gasteiger partial charge is 0.255 e. The van der Waals surface area contributed by atoms with E-state index in [2.05, 4.69) is 84.8 Å². The lowest BCUT2D eigenvalue weighted by atomic mass is 10.0. The number of nitrogens with zero attached hydrogens (tertiary/aromatic N) is 3. The van der Waals surface area contributed by atoms with Gasteiger partial charge in [-0.25, -0.2) is 0 Å². The lowest BCUT2D eigenvalue weighted by molar-refractivity contribution is 0.102. The van der Waals surface area contributed by atoms with Crippen molar-refractivity contribution in [2.24, 2.45) is 11.8 Å². The number of benzene rings is 3. The van der Waals surface area contributed by atoms with Gasteiger partial charge in [0.15, 0.2) is 0 Å². The van der Waals surface area contributed by atoms with E-state index in [-0.39, 0.29) is 28.7 Å². The predicted octanol–water partition coefficient (Wildman–Crippen LogP) is 10.5. The van der Waals surface area contributed by atoms with Crippen LogP contribution in [0.2, 0.25) is 0 Å². The highest BCUT2D eigenvalue weighted by Gasteiger charge is 2.18. The van der Waals surface area contributed by atoms with E-state index in [1.165, 1.54) is 60.1 Å². The van der Waals surface area contributed by atoms with Crippen LogP contribution < -0.4 is 10.6 Å². The van der Waals surface area contributed by atoms with E-state index in [0.717, 1.165) is 36.9 Å². The van der Waals surface area contributed by atoms with Gasteiger partial charge in [-0.2, -0.15) is 0 Å². The summed E-state index contributed by atoms with van der Waals surface area (Å²) >= 11 is 0. The lowest BCUT2D eigenvalue weighted by Gasteiger charge is -2.27. The fourth-order valence-corrected chi connectivity index (χ4v) is 6.60. The number of hydrogen-bond donors (Lipinski definition) is 4. The number of aromatic nitrogens is 2. The Morgan fingerprint density at radius 2 is 1.55 bits per heavy atom. The zero-order valence-electron chi connectivity index (χ0n) is 31.8. The molecule has 0 radical (unpaired) electrons. The van der Waals surface area contributed by atoms with Crippen LogP contribution in [0.3, 0.4) is 0 Å². The minimum absolute atomic E-state index is 0.142. The van der Waals surface area contributed by atoms with E-state index < -0.39 is 0 Å². The number of pyridine rings is 1. The molecule has 0 aliphatic rings. The third kappa shape index (κ3) is 9.91. The van der Waals surface area contributed by atoms with Crippen molar-refractivity contribution in [3.63, 3.8) is 0 Å². The molecule has 3 aromatic carbocycles. The van der Waals surface area contributed by atoms with Crippen LogP contribution in [0.15, 0.2) is 79.1 Å². The van der Waals surface area contributed by atoms with Gasteiger partial charge >= 0.3 is 0 Å². The summed E-state index contributed by atoms with van der Waals surface area (Å²) in [5, 5.41) is 28.8. The summed E-state index contributed by atoms with van der Waals surface area (Å²) < 4.78 is 2.47. The topological polar surface area (TPSA) is 103 Å². The van der Waals surface area contributed by atoms with Crippen LogP contribution in [0.4, 0.5) is 17.1 Å². The number of phenolic OH excluding ortho intramolecular Hbond substituents is 2. The molecule has 51 heavy (non-hydrogen) atoms. The molecule has 0 aliphatic carbocycles. The van der Waals surface area contributed by atoms with Gasteiger partial charge in [0.25, 0.3) is 5.91 Å². The van der Waals surface area contributed by atoms with Gasteiger partial charge in [-0.1, -0.05) is 54.0 Å². The van der Waals surface area contributed by atoms with Crippen LogP contribution in [0.25, 0.3) is 22.0 Å². The molecule has 272 valence electrons. The molecule has 2 unspecified atom stereocenters. The number of carbonyl (C=O) groups excluding carboxylic acids is 1. The van der Waals surface area contributed by atoms with Gasteiger partial charge in [-0.3, -0.25) is 9.78 Å². The molecule has 5 rings (SSSR count). The molecule has 0 bridgehead atoms. The van der Waals surface area contributed by atoms with Gasteiger partial charge in [-0.15, -0.1) is 0 Å². The molecular formula is C43H57N5O3. The van der Waals surface area contributed by atoms with Crippen molar-refractivity contribution in [1.29, 1.82) is 0 Å². The SMILES string of the molecule is CC.CCCN(CCC(C)CC)CC(C)Cn1c(C)c(C)c2cc(Nc3cccc(C(=O)Nc4cc(O)c(-c5ccncc5)c(O)c4)c3)ccc21. The van der Waals surface area contributed by atoms with Gasteiger partial charge in [0.05, 0.1) is 5.56 Å². The van der Waals surface area contributed by atoms with Crippen LogP contribution in [0.1, 0.15) is 82.4 Å². The first kappa shape index (κ1) is 39.0. The Morgan fingerprint density at radius 1 is 0.863 bits per heavy atom. The third-order valence-electron chi connectivity index (χ3n) is 9.61. The number of aromatic hydroxyl groups is 2. The number of hydrogen-bond acceptors (Lipinski definition) is 6. The van der Waals surface area contributed by atoms with Gasteiger partial charge in [-0.05, 0) is 111 Å². The summed E-state index contributed by atoms with van der Waals surface area (Å²) in [6, 6.07) is 20.0. The fraction of sp³-hybridized carbons (Fsp3) is 0.395. The molecule has 1 amide bonds. The maximum Gasteiger partial charge on any atom is 0.255 e. The monoisotopic (exact) mass is 691 g/mol. The average molecular weight is 692 g/mol. The predicted molar refractivity (Wildman–Crippen MR) is 213 cm³/mol. The summed E-state index contributed by atoms with van der Waals surface area (Å²) in [6.45, 7) is 22.1. The van der Waals surface area contributed by atoms with Crippen LogP contribution in [0, 0.1) is 25.7 Å². The van der Waals surface area contributed by atoms with E-state index in [0.29, 0.717) is 17.0 Å². The lowest BCUT2D eigenvalue weighted by Crippen LogP contribution is -2.32. The number of amides is 1. The zero-order valence-corrected chi connectivity index (χ0v) is 31.8. The summed E-state index contributed by atoms with van der Waals surface area (Å²) in [4.78, 5) is 19.8. The summed E-state index contributed by atoms with van der Waals surface area (Å²) in [6.07, 6.45) is 6.84. The number of anilines is 3. The minimum atomic E-state index is -0.357. The van der Waals surface area contributed by atoms with Gasteiger partial charge in [0.1, 0.15) is 11.5 Å². The van der Waals surface area contributed by atoms with Crippen LogP contribution >= 0.6 is 0 Å². The summed E-state index contributed by atoms with van der Waals surface area (Å²) in [5.74, 6) is 0.650. The Kier molecular flexibility index (Phi) is 14.1. The van der Waals surface area contributed by atoms with Gasteiger partial charge in [0.2, 0.25) is 0 Å². The number of fused-ring (bicyclic) bond motifs is 1. The van der Waals surface area contributed by atoms with Crippen LogP contribution in [-0.2, 0) is 6.54 Å². The number of aryl methyl sites for hydroxylation is 1. The zero-order chi connectivity index (χ0) is 37.1. The van der Waals surface area contributed by atoms with Crippen molar-refractivity contribution >= 4 is 33.9 Å². The molecule has 8 heteroatoms. The Morgan fingerprint density at radius 3 is 2.22 bits per heavy atom. The number of rotatable bonds is 15. The first-order valence-electron chi connectivity index (χ1n) is 18.5. The van der Waals surface area contributed by atoms with Crippen molar-refractivity contribution in [3.05, 3.63) is 95.9 Å². The molecule has 0 saturated carbocycles. The first-order chi connectivity index (χ1) is 24.6. The molecule has 5 aromatic rings. The quantitative estimate of drug-likeness (QED) is 0.0871. The molecule has 0 fully saturated rings. The minimum Gasteiger partial charge on any atom is -0.507 e. The standard InChI is InChI=1S/C41H51N5O3.C2H6/c1-7-19-45(20-16-27(3)8-2)25-28(4)26-46-30(6)29(5)36-22-34(12-13-37(36)46)43-33-11-9-10-32(21-33)41(49)44-35-23-38(47)40(39(48)24-35)31-14-17-42-18-15-31;1-2/h9-15,17-18,21-24,27-28,43,47-48H,7-8,16,19-20,25-26H2,1-6H3,(H,44,49);1-2H3. The molecule has 0 saturated heterocycles. The van der Waals surface area contributed by atoms with Crippen molar-refractivity contribution in [2.75, 3.05) is 30.3 Å². The number of phenols is 2. The summed E-state index contributed by atoms with van der Waals surface area (Å²) in [5.41, 5.74) is 7.17. The molecule has 4 N–H and O–H groups in total. The average Bonchev–Trinajstić information content (AvgIpc) is 3.35. The Balaban J connectivity index is 0.00000286. The van der Waals surface area contributed by atoms with E-state index in [1.54, 1.807) is 36.7 Å². The normalized spacial score (nSPS) is 12.3. The Hall–Kier alpha value is -4.82.